The number of carboxylic acid groups (broad SMARTS) is 1. The summed E-state index contributed by atoms with van der Waals surface area (Å²) < 4.78 is 1.52. The molecule has 4 aromatic rings. The van der Waals surface area contributed by atoms with E-state index in [1.54, 1.807) is 48.8 Å². The number of carbonyl (C=O) groups excluding carboxylic acids is 1. The minimum atomic E-state index is -1.04. The van der Waals surface area contributed by atoms with E-state index in [1.807, 2.05) is 0 Å². The van der Waals surface area contributed by atoms with Gasteiger partial charge < -0.3 is 10.4 Å². The van der Waals surface area contributed by atoms with Gasteiger partial charge in [-0.2, -0.15) is 0 Å². The molecule has 9 nitrogen and oxygen atoms in total. The molecule has 0 atom stereocenters. The number of aromatic nitrogens is 5. The second-order valence-electron chi connectivity index (χ2n) is 6.03. The van der Waals surface area contributed by atoms with Crippen LogP contribution in [0.5, 0.6) is 0 Å². The van der Waals surface area contributed by atoms with Gasteiger partial charge in [-0.05, 0) is 42.5 Å². The van der Waals surface area contributed by atoms with E-state index in [4.69, 9.17) is 5.11 Å². The highest BCUT2D eigenvalue weighted by Crippen LogP contribution is 2.19. The van der Waals surface area contributed by atoms with E-state index < -0.39 is 5.97 Å². The molecule has 0 aliphatic carbocycles. The van der Waals surface area contributed by atoms with E-state index in [0.29, 0.717) is 28.3 Å². The highest BCUT2D eigenvalue weighted by atomic mass is 16.4. The third-order valence-electron chi connectivity index (χ3n) is 4.05. The number of nitrogens with one attached hydrogen (secondary N) is 1. The first-order valence-electron chi connectivity index (χ1n) is 8.54. The molecule has 1 aromatic carbocycles. The third kappa shape index (κ3) is 3.98. The molecule has 0 aliphatic heterocycles. The predicted molar refractivity (Wildman–Crippen MR) is 104 cm³/mol. The van der Waals surface area contributed by atoms with E-state index in [2.05, 4.69) is 25.6 Å². The molecule has 0 fully saturated rings. The first-order valence-corrected chi connectivity index (χ1v) is 8.54. The van der Waals surface area contributed by atoms with E-state index in [-0.39, 0.29) is 11.5 Å². The summed E-state index contributed by atoms with van der Waals surface area (Å²) in [5, 5.41) is 20.1. The first-order chi connectivity index (χ1) is 14.1. The van der Waals surface area contributed by atoms with Crippen molar-refractivity contribution < 1.29 is 14.7 Å². The molecule has 9 heteroatoms. The topological polar surface area (TPSA) is 123 Å². The molecule has 142 valence electrons. The second kappa shape index (κ2) is 7.69. The van der Waals surface area contributed by atoms with Gasteiger partial charge in [0, 0.05) is 24.3 Å². The lowest BCUT2D eigenvalue weighted by Crippen LogP contribution is -2.12. The van der Waals surface area contributed by atoms with Crippen LogP contribution in [0.25, 0.3) is 17.1 Å². The highest BCUT2D eigenvalue weighted by molar-refractivity contribution is 6.04. The van der Waals surface area contributed by atoms with Gasteiger partial charge in [0.05, 0.1) is 28.7 Å². The monoisotopic (exact) mass is 386 g/mol. The number of benzene rings is 1. The van der Waals surface area contributed by atoms with Gasteiger partial charge >= 0.3 is 5.97 Å². The number of carbonyl (C=O) groups is 2. The quantitative estimate of drug-likeness (QED) is 0.540. The molecular weight excluding hydrogens is 372 g/mol. The van der Waals surface area contributed by atoms with Gasteiger partial charge in [0.25, 0.3) is 5.91 Å². The number of hydrogen-bond donors (Lipinski definition) is 2. The van der Waals surface area contributed by atoms with E-state index in [1.165, 1.54) is 29.2 Å². The summed E-state index contributed by atoms with van der Waals surface area (Å²) in [5.41, 5.74) is 2.65. The number of aromatic carboxylic acids is 1. The lowest BCUT2D eigenvalue weighted by molar-refractivity contribution is 0.0696. The number of nitrogens with zero attached hydrogens (tertiary/aromatic N) is 5. The van der Waals surface area contributed by atoms with E-state index >= 15 is 0 Å². The van der Waals surface area contributed by atoms with Crippen LogP contribution in [0.3, 0.4) is 0 Å². The molecule has 3 aromatic heterocycles. The lowest BCUT2D eigenvalue weighted by atomic mass is 10.2. The minimum Gasteiger partial charge on any atom is -0.478 e. The van der Waals surface area contributed by atoms with Crippen molar-refractivity contribution in [2.24, 2.45) is 0 Å². The number of hydrogen-bond acceptors (Lipinski definition) is 6. The molecule has 4 rings (SSSR count). The van der Waals surface area contributed by atoms with Gasteiger partial charge in [-0.3, -0.25) is 14.8 Å². The Hall–Kier alpha value is -4.40. The van der Waals surface area contributed by atoms with Gasteiger partial charge in [-0.15, -0.1) is 5.10 Å². The molecule has 29 heavy (non-hydrogen) atoms. The third-order valence-corrected chi connectivity index (χ3v) is 4.05. The molecule has 0 saturated heterocycles. The van der Waals surface area contributed by atoms with Crippen LogP contribution in [-0.4, -0.2) is 41.9 Å². The normalized spacial score (nSPS) is 10.5. The maximum atomic E-state index is 12.3. The van der Waals surface area contributed by atoms with Crippen LogP contribution in [0.15, 0.2) is 73.3 Å². The summed E-state index contributed by atoms with van der Waals surface area (Å²) in [7, 11) is 0. The lowest BCUT2D eigenvalue weighted by Gasteiger charge is -2.07. The fourth-order valence-electron chi connectivity index (χ4n) is 2.64. The number of amides is 1. The molecule has 3 heterocycles. The number of rotatable bonds is 5. The SMILES string of the molecule is O=C(O)c1ccnc(-c2cn(-c3cccc(NC(=O)c4cccnc4)c3)nn2)c1. The predicted octanol–water partition coefficient (Wildman–Crippen LogP) is 2.67. The average Bonchev–Trinajstić information content (AvgIpc) is 3.25. The van der Waals surface area contributed by atoms with Crippen LogP contribution >= 0.6 is 0 Å². The fourth-order valence-corrected chi connectivity index (χ4v) is 2.64. The highest BCUT2D eigenvalue weighted by Gasteiger charge is 2.11. The van der Waals surface area contributed by atoms with Gasteiger partial charge in [0.1, 0.15) is 5.69 Å². The van der Waals surface area contributed by atoms with Crippen molar-refractivity contribution in [2.75, 3.05) is 5.32 Å². The van der Waals surface area contributed by atoms with Crippen molar-refractivity contribution in [3.8, 4) is 17.1 Å². The van der Waals surface area contributed by atoms with Gasteiger partial charge in [0.15, 0.2) is 0 Å². The second-order valence-corrected chi connectivity index (χ2v) is 6.03. The average molecular weight is 386 g/mol. The van der Waals surface area contributed by atoms with E-state index in [0.717, 1.165) is 0 Å². The van der Waals surface area contributed by atoms with Crippen molar-refractivity contribution in [3.63, 3.8) is 0 Å². The van der Waals surface area contributed by atoms with Crippen molar-refractivity contribution in [3.05, 3.63) is 84.4 Å². The summed E-state index contributed by atoms with van der Waals surface area (Å²) in [6.07, 6.45) is 6.13. The molecular formula is C20H14N6O3. The number of anilines is 1. The van der Waals surface area contributed by atoms with Crippen LogP contribution in [0.2, 0.25) is 0 Å². The molecule has 2 N–H and O–H groups in total. The molecule has 0 bridgehead atoms. The summed E-state index contributed by atoms with van der Waals surface area (Å²) in [6, 6.07) is 13.3. The smallest absolute Gasteiger partial charge is 0.335 e. The van der Waals surface area contributed by atoms with Gasteiger partial charge in [0.2, 0.25) is 0 Å². The summed E-state index contributed by atoms with van der Waals surface area (Å²) in [5.74, 6) is -1.32. The Labute approximate surface area is 164 Å². The Bertz CT molecular complexity index is 1190. The Morgan fingerprint density at radius 2 is 1.86 bits per heavy atom. The maximum Gasteiger partial charge on any atom is 0.335 e. The maximum absolute atomic E-state index is 12.3. The summed E-state index contributed by atoms with van der Waals surface area (Å²) in [6.45, 7) is 0. The van der Waals surface area contributed by atoms with Crippen LogP contribution in [0.1, 0.15) is 20.7 Å². The summed E-state index contributed by atoms with van der Waals surface area (Å²) in [4.78, 5) is 31.5. The standard InChI is InChI=1S/C20H14N6O3/c27-19(14-3-2-7-21-11-14)23-15-4-1-5-16(10-15)26-12-18(24-25-26)17-9-13(20(28)29)6-8-22-17/h1-12H,(H,23,27)(H,28,29). The number of pyridine rings is 2. The first kappa shape index (κ1) is 18.0. The van der Waals surface area contributed by atoms with Crippen LogP contribution in [-0.2, 0) is 0 Å². The van der Waals surface area contributed by atoms with Gasteiger partial charge in [-0.25, -0.2) is 9.48 Å². The van der Waals surface area contributed by atoms with Crippen LogP contribution in [0, 0.1) is 0 Å². The van der Waals surface area contributed by atoms with Crippen molar-refractivity contribution in [1.29, 1.82) is 0 Å². The van der Waals surface area contributed by atoms with Crippen molar-refractivity contribution in [1.82, 2.24) is 25.0 Å². The Morgan fingerprint density at radius 1 is 0.966 bits per heavy atom. The largest absolute Gasteiger partial charge is 0.478 e. The van der Waals surface area contributed by atoms with Crippen LogP contribution < -0.4 is 5.32 Å². The van der Waals surface area contributed by atoms with E-state index in [9.17, 15) is 9.59 Å². The molecule has 0 aliphatic rings. The summed E-state index contributed by atoms with van der Waals surface area (Å²) >= 11 is 0. The molecule has 0 saturated carbocycles. The Morgan fingerprint density at radius 3 is 2.66 bits per heavy atom. The number of carboxylic acids is 1. The molecule has 0 unspecified atom stereocenters. The molecule has 0 spiro atoms. The Kier molecular flexibility index (Phi) is 4.77. The fraction of sp³-hybridized carbons (Fsp3) is 0. The minimum absolute atomic E-state index is 0.115. The van der Waals surface area contributed by atoms with Gasteiger partial charge in [-0.1, -0.05) is 11.3 Å². The van der Waals surface area contributed by atoms with Crippen molar-refractivity contribution in [2.45, 2.75) is 0 Å². The molecule has 1 amide bonds. The van der Waals surface area contributed by atoms with Crippen molar-refractivity contribution >= 4 is 17.6 Å². The zero-order valence-corrected chi connectivity index (χ0v) is 14.9. The zero-order valence-electron chi connectivity index (χ0n) is 14.9. The zero-order chi connectivity index (χ0) is 20.2. The molecule has 0 radical (unpaired) electrons. The Balaban J connectivity index is 1.57. The van der Waals surface area contributed by atoms with Crippen LogP contribution in [0.4, 0.5) is 5.69 Å².